The molecule has 5 N–H and O–H groups in total. The number of aromatic amines is 1. The minimum absolute atomic E-state index is 0.136. The number of hydrogen-bond acceptors (Lipinski definition) is 9. The Hall–Kier alpha value is -2.82. The van der Waals surface area contributed by atoms with Crippen LogP contribution in [0.15, 0.2) is 22.0 Å². The second kappa shape index (κ2) is 13.2. The van der Waals surface area contributed by atoms with Gasteiger partial charge in [0.25, 0.3) is 5.56 Å². The highest BCUT2D eigenvalue weighted by molar-refractivity contribution is 5.29. The number of aromatic nitrogens is 5. The molecule has 1 fully saturated rings. The van der Waals surface area contributed by atoms with Crippen LogP contribution in [0.5, 0.6) is 0 Å². The van der Waals surface area contributed by atoms with Gasteiger partial charge in [0, 0.05) is 44.9 Å². The average molecular weight is 477 g/mol. The number of H-pyrrole nitrogens is 1. The van der Waals surface area contributed by atoms with E-state index in [1.165, 1.54) is 10.8 Å². The zero-order valence-electron chi connectivity index (χ0n) is 19.1. The molecule has 0 aromatic carbocycles. The number of aliphatic hydroxyl groups is 2. The molecule has 0 radical (unpaired) electrons. The molecule has 2 aromatic rings. The highest BCUT2D eigenvalue weighted by Gasteiger charge is 2.35. The van der Waals surface area contributed by atoms with Gasteiger partial charge >= 0.3 is 5.69 Å². The van der Waals surface area contributed by atoms with Crippen LogP contribution in [0.4, 0.5) is 0 Å². The Bertz CT molecular complexity index is 1080. The third kappa shape index (κ3) is 7.34. The van der Waals surface area contributed by atoms with Crippen LogP contribution >= 0.6 is 0 Å². The monoisotopic (exact) mass is 476 g/mol. The van der Waals surface area contributed by atoms with Crippen molar-refractivity contribution in [3.63, 3.8) is 0 Å². The smallest absolute Gasteiger partial charge is 0.330 e. The van der Waals surface area contributed by atoms with E-state index >= 15 is 0 Å². The second-order valence-corrected chi connectivity index (χ2v) is 8.06. The fraction of sp³-hybridized carbons (Fsp3) is 0.636. The van der Waals surface area contributed by atoms with Gasteiger partial charge in [-0.3, -0.25) is 19.0 Å². The summed E-state index contributed by atoms with van der Waals surface area (Å²) >= 11 is 0. The van der Waals surface area contributed by atoms with Crippen LogP contribution in [0.3, 0.4) is 0 Å². The van der Waals surface area contributed by atoms with E-state index in [-0.39, 0.29) is 18.6 Å². The fourth-order valence-corrected chi connectivity index (χ4v) is 3.59. The Balaban J connectivity index is 1.45. The molecule has 12 heteroatoms. The Morgan fingerprint density at radius 2 is 2.12 bits per heavy atom. The van der Waals surface area contributed by atoms with Crippen molar-refractivity contribution in [3.05, 3.63) is 44.5 Å². The zero-order chi connectivity index (χ0) is 24.3. The summed E-state index contributed by atoms with van der Waals surface area (Å²) in [6.45, 7) is 2.11. The van der Waals surface area contributed by atoms with E-state index in [4.69, 9.17) is 15.2 Å². The van der Waals surface area contributed by atoms with E-state index in [1.54, 1.807) is 4.68 Å². The number of nitrogens with zero attached hydrogens (tertiary/aromatic N) is 4. The number of hydrogen-bond donors (Lipinski definition) is 4. The third-order valence-corrected chi connectivity index (χ3v) is 5.39. The molecule has 1 aliphatic rings. The van der Waals surface area contributed by atoms with Crippen molar-refractivity contribution in [3.8, 4) is 11.8 Å². The van der Waals surface area contributed by atoms with Crippen LogP contribution in [0.2, 0.25) is 0 Å². The first-order valence-corrected chi connectivity index (χ1v) is 11.5. The first-order chi connectivity index (χ1) is 16.5. The molecule has 34 heavy (non-hydrogen) atoms. The van der Waals surface area contributed by atoms with Crippen LogP contribution in [0.1, 0.15) is 49.6 Å². The average Bonchev–Trinajstić information content (AvgIpc) is 3.43. The Labute approximate surface area is 196 Å². The molecule has 12 nitrogen and oxygen atoms in total. The summed E-state index contributed by atoms with van der Waals surface area (Å²) in [7, 11) is 0. The van der Waals surface area contributed by atoms with Gasteiger partial charge in [0.1, 0.15) is 17.9 Å². The normalized spacial score (nSPS) is 19.8. The van der Waals surface area contributed by atoms with E-state index in [0.717, 1.165) is 37.9 Å². The quantitative estimate of drug-likeness (QED) is 0.219. The number of aryl methyl sites for hydroxylation is 2. The molecule has 1 aliphatic heterocycles. The van der Waals surface area contributed by atoms with Gasteiger partial charge in [0.15, 0.2) is 0 Å². The SMILES string of the molecule is NCCOCCCn1cc(CCCCC#Cc2cn([C@H]3C[C@@H](O)[C@@H](CO)O3)c(=O)[nH]c2=O)nn1. The number of nitrogens with one attached hydrogen (secondary N) is 1. The van der Waals surface area contributed by atoms with Crippen LogP contribution in [-0.4, -0.2) is 73.3 Å². The maximum Gasteiger partial charge on any atom is 0.330 e. The maximum absolute atomic E-state index is 12.1. The lowest BCUT2D eigenvalue weighted by Gasteiger charge is -2.14. The van der Waals surface area contributed by atoms with Crippen LogP contribution in [-0.2, 0) is 22.4 Å². The van der Waals surface area contributed by atoms with Gasteiger partial charge in [0.2, 0.25) is 0 Å². The number of nitrogens with two attached hydrogens (primary N) is 1. The predicted octanol–water partition coefficient (Wildman–Crippen LogP) is -1.10. The topological polar surface area (TPSA) is 171 Å². The molecule has 3 atom stereocenters. The first kappa shape index (κ1) is 25.8. The molecule has 0 saturated carbocycles. The molecule has 3 heterocycles. The van der Waals surface area contributed by atoms with Gasteiger partial charge in [-0.2, -0.15) is 0 Å². The lowest BCUT2D eigenvalue weighted by Crippen LogP contribution is -2.33. The number of aliphatic hydroxyl groups excluding tert-OH is 2. The number of rotatable bonds is 12. The number of unbranched alkanes of at least 4 members (excludes halogenated alkanes) is 2. The largest absolute Gasteiger partial charge is 0.394 e. The van der Waals surface area contributed by atoms with Gasteiger partial charge in [-0.25, -0.2) is 4.79 Å². The van der Waals surface area contributed by atoms with E-state index in [2.05, 4.69) is 27.1 Å². The summed E-state index contributed by atoms with van der Waals surface area (Å²) in [5.74, 6) is 5.77. The van der Waals surface area contributed by atoms with Crippen molar-refractivity contribution in [1.82, 2.24) is 24.5 Å². The van der Waals surface area contributed by atoms with Crippen molar-refractivity contribution < 1.29 is 19.7 Å². The van der Waals surface area contributed by atoms with Crippen molar-refractivity contribution >= 4 is 0 Å². The lowest BCUT2D eigenvalue weighted by atomic mass is 10.1. The maximum atomic E-state index is 12.1. The molecule has 2 aromatic heterocycles. The van der Waals surface area contributed by atoms with Crippen LogP contribution < -0.4 is 17.0 Å². The highest BCUT2D eigenvalue weighted by atomic mass is 16.5. The van der Waals surface area contributed by atoms with Gasteiger partial charge in [-0.1, -0.05) is 17.1 Å². The Morgan fingerprint density at radius 1 is 1.26 bits per heavy atom. The van der Waals surface area contributed by atoms with Crippen molar-refractivity contribution in [1.29, 1.82) is 0 Å². The summed E-state index contributed by atoms with van der Waals surface area (Å²) < 4.78 is 13.8. The fourth-order valence-electron chi connectivity index (χ4n) is 3.59. The molecule has 0 amide bonds. The van der Waals surface area contributed by atoms with Gasteiger partial charge in [0.05, 0.1) is 25.0 Å². The van der Waals surface area contributed by atoms with E-state index in [0.29, 0.717) is 26.2 Å². The van der Waals surface area contributed by atoms with E-state index in [1.807, 2.05) is 6.20 Å². The molecule has 3 rings (SSSR count). The minimum atomic E-state index is -0.889. The van der Waals surface area contributed by atoms with Crippen LogP contribution in [0.25, 0.3) is 0 Å². The number of ether oxygens (including phenoxy) is 2. The molecule has 0 aliphatic carbocycles. The van der Waals surface area contributed by atoms with Gasteiger partial charge in [-0.15, -0.1) is 5.10 Å². The molecule has 0 unspecified atom stereocenters. The van der Waals surface area contributed by atoms with Crippen molar-refractivity contribution in [2.24, 2.45) is 5.73 Å². The summed E-state index contributed by atoms with van der Waals surface area (Å²) in [6, 6.07) is 0. The van der Waals surface area contributed by atoms with E-state index < -0.39 is 29.7 Å². The molecular formula is C22H32N6O6. The Morgan fingerprint density at radius 3 is 2.88 bits per heavy atom. The molecule has 0 spiro atoms. The predicted molar refractivity (Wildman–Crippen MR) is 122 cm³/mol. The molecule has 1 saturated heterocycles. The summed E-state index contributed by atoms with van der Waals surface area (Å²) in [5.41, 5.74) is 5.21. The molecule has 186 valence electrons. The highest BCUT2D eigenvalue weighted by Crippen LogP contribution is 2.27. The Kier molecular flexibility index (Phi) is 9.99. The zero-order valence-corrected chi connectivity index (χ0v) is 19.1. The molecule has 0 bridgehead atoms. The summed E-state index contributed by atoms with van der Waals surface area (Å²) in [4.78, 5) is 26.5. The van der Waals surface area contributed by atoms with Gasteiger partial charge in [-0.05, 0) is 25.7 Å². The standard InChI is InChI=1S/C22H32N6O6/c23-8-11-33-10-5-9-27-14-17(25-26-27)7-4-2-1-3-6-16-13-28(22(32)24-21(16)31)20-12-18(30)19(15-29)34-20/h13-14,18-20,29-30H,1-2,4-5,7-12,15,23H2,(H,24,31,32)/t18-,19-,20-/m1/s1. The third-order valence-electron chi connectivity index (χ3n) is 5.39. The minimum Gasteiger partial charge on any atom is -0.394 e. The van der Waals surface area contributed by atoms with Crippen molar-refractivity contribution in [2.45, 2.75) is 63.5 Å². The summed E-state index contributed by atoms with van der Waals surface area (Å²) in [6.07, 6.45) is 4.88. The van der Waals surface area contributed by atoms with Crippen LogP contribution in [0, 0.1) is 11.8 Å². The molecular weight excluding hydrogens is 444 g/mol. The first-order valence-electron chi connectivity index (χ1n) is 11.5. The second-order valence-electron chi connectivity index (χ2n) is 8.06. The van der Waals surface area contributed by atoms with Gasteiger partial charge < -0.3 is 25.4 Å². The van der Waals surface area contributed by atoms with E-state index in [9.17, 15) is 19.8 Å². The summed E-state index contributed by atoms with van der Waals surface area (Å²) in [5, 5.41) is 27.4. The lowest BCUT2D eigenvalue weighted by molar-refractivity contribution is -0.0459. The van der Waals surface area contributed by atoms with Crippen molar-refractivity contribution in [2.75, 3.05) is 26.4 Å².